The molecule has 0 saturated heterocycles. The van der Waals surface area contributed by atoms with E-state index in [4.69, 9.17) is 9.53 Å². The zero-order valence-corrected chi connectivity index (χ0v) is 16.2. The van der Waals surface area contributed by atoms with Gasteiger partial charge in [0.05, 0.1) is 13.0 Å². The van der Waals surface area contributed by atoms with Crippen molar-refractivity contribution in [1.29, 1.82) is 0 Å². The van der Waals surface area contributed by atoms with E-state index in [-0.39, 0.29) is 19.0 Å². The number of carbonyl (C=O) groups is 1. The molecule has 0 aromatic rings. The van der Waals surface area contributed by atoms with Crippen LogP contribution in [0.2, 0.25) is 18.1 Å². The smallest absolute Gasteiger partial charge is 0.294 e. The van der Waals surface area contributed by atoms with Crippen LogP contribution in [0.3, 0.4) is 0 Å². The predicted octanol–water partition coefficient (Wildman–Crippen LogP) is 5.43. The van der Waals surface area contributed by atoms with Crippen molar-refractivity contribution in [3.63, 3.8) is 0 Å². The fourth-order valence-electron chi connectivity index (χ4n) is 3.00. The molecule has 0 unspecified atom stereocenters. The van der Waals surface area contributed by atoms with Crippen molar-refractivity contribution in [2.45, 2.75) is 103 Å². The quantitative estimate of drug-likeness (QED) is 0.322. The average Bonchev–Trinajstić information content (AvgIpc) is 2.48. The maximum Gasteiger partial charge on any atom is 0.294 e. The normalized spacial score (nSPS) is 11.6. The molecule has 0 bridgehead atoms. The van der Waals surface area contributed by atoms with Crippen molar-refractivity contribution in [3.8, 4) is 0 Å². The van der Waals surface area contributed by atoms with Crippen LogP contribution in [0.5, 0.6) is 0 Å². The van der Waals surface area contributed by atoms with Gasteiger partial charge in [-0.15, -0.1) is 0 Å². The first-order valence-electron chi connectivity index (χ1n) is 9.46. The van der Waals surface area contributed by atoms with E-state index >= 15 is 0 Å². The number of carbonyl (C=O) groups excluding carboxylic acids is 1. The van der Waals surface area contributed by atoms with E-state index < -0.39 is 8.32 Å². The lowest BCUT2D eigenvalue weighted by atomic mass is 10.3. The SMILES string of the molecule is CCCCC[Si](CCCCC)(CCCCC)OC(=O)CCO. The molecule has 0 aliphatic rings. The summed E-state index contributed by atoms with van der Waals surface area (Å²) in [6.45, 7) is 6.56. The third-order valence-electron chi connectivity index (χ3n) is 4.35. The average molecular weight is 331 g/mol. The van der Waals surface area contributed by atoms with Crippen molar-refractivity contribution in [2.75, 3.05) is 6.61 Å². The Labute approximate surface area is 139 Å². The molecule has 0 aromatic carbocycles. The van der Waals surface area contributed by atoms with E-state index in [0.29, 0.717) is 0 Å². The first-order chi connectivity index (χ1) is 10.6. The lowest BCUT2D eigenvalue weighted by molar-refractivity contribution is -0.136. The van der Waals surface area contributed by atoms with Gasteiger partial charge in [0.1, 0.15) is 0 Å². The minimum absolute atomic E-state index is 0.0950. The summed E-state index contributed by atoms with van der Waals surface area (Å²) in [5.41, 5.74) is 0. The Hall–Kier alpha value is -0.353. The Balaban J connectivity index is 4.79. The molecule has 0 atom stereocenters. The Kier molecular flexibility index (Phi) is 14.0. The largest absolute Gasteiger partial charge is 0.519 e. The summed E-state index contributed by atoms with van der Waals surface area (Å²) in [4.78, 5) is 12.0. The van der Waals surface area contributed by atoms with Gasteiger partial charge in [-0.1, -0.05) is 78.6 Å². The number of hydrogen-bond donors (Lipinski definition) is 1. The zero-order valence-electron chi connectivity index (χ0n) is 15.2. The van der Waals surface area contributed by atoms with Crippen molar-refractivity contribution >= 4 is 14.3 Å². The number of hydrogen-bond acceptors (Lipinski definition) is 3. The highest BCUT2D eigenvalue weighted by Gasteiger charge is 2.36. The molecular formula is C18H38O3Si. The Morgan fingerprint density at radius 2 is 1.23 bits per heavy atom. The highest BCUT2D eigenvalue weighted by Crippen LogP contribution is 2.30. The van der Waals surface area contributed by atoms with Gasteiger partial charge in [-0.2, -0.15) is 0 Å². The van der Waals surface area contributed by atoms with Crippen LogP contribution in [-0.4, -0.2) is 26.0 Å². The van der Waals surface area contributed by atoms with Crippen LogP contribution in [0.4, 0.5) is 0 Å². The second-order valence-electron chi connectivity index (χ2n) is 6.50. The van der Waals surface area contributed by atoms with Gasteiger partial charge in [-0.3, -0.25) is 4.79 Å². The maximum absolute atomic E-state index is 12.0. The van der Waals surface area contributed by atoms with Crippen molar-refractivity contribution in [2.24, 2.45) is 0 Å². The maximum atomic E-state index is 12.0. The first kappa shape index (κ1) is 21.6. The molecule has 0 spiro atoms. The second-order valence-corrected chi connectivity index (χ2v) is 10.6. The summed E-state index contributed by atoms with van der Waals surface area (Å²) in [6.07, 6.45) is 11.0. The summed E-state index contributed by atoms with van der Waals surface area (Å²) in [5, 5.41) is 8.99. The molecule has 0 rings (SSSR count). The number of rotatable bonds is 15. The van der Waals surface area contributed by atoms with Gasteiger partial charge in [0.15, 0.2) is 0 Å². The molecule has 132 valence electrons. The molecule has 3 nitrogen and oxygen atoms in total. The zero-order chi connectivity index (χ0) is 16.7. The summed E-state index contributed by atoms with van der Waals surface area (Å²) >= 11 is 0. The lowest BCUT2D eigenvalue weighted by Gasteiger charge is -2.31. The molecule has 0 heterocycles. The second kappa shape index (κ2) is 14.3. The Morgan fingerprint density at radius 1 is 0.818 bits per heavy atom. The van der Waals surface area contributed by atoms with Crippen molar-refractivity contribution < 1.29 is 14.3 Å². The molecule has 0 amide bonds. The number of aliphatic hydroxyl groups excluding tert-OH is 1. The van der Waals surface area contributed by atoms with Gasteiger partial charge in [-0.25, -0.2) is 0 Å². The van der Waals surface area contributed by atoms with Gasteiger partial charge >= 0.3 is 0 Å². The highest BCUT2D eigenvalue weighted by atomic mass is 28.4. The van der Waals surface area contributed by atoms with E-state index in [0.717, 1.165) is 18.1 Å². The fraction of sp³-hybridized carbons (Fsp3) is 0.944. The van der Waals surface area contributed by atoms with Crippen LogP contribution in [0.1, 0.15) is 85.0 Å². The monoisotopic (exact) mass is 330 g/mol. The van der Waals surface area contributed by atoms with E-state index in [2.05, 4.69) is 20.8 Å². The predicted molar refractivity (Wildman–Crippen MR) is 96.5 cm³/mol. The number of unbranched alkanes of at least 4 members (excludes halogenated alkanes) is 6. The molecule has 4 heteroatoms. The van der Waals surface area contributed by atoms with Crippen LogP contribution in [-0.2, 0) is 9.22 Å². The van der Waals surface area contributed by atoms with Crippen LogP contribution in [0, 0.1) is 0 Å². The minimum Gasteiger partial charge on any atom is -0.519 e. The van der Waals surface area contributed by atoms with Crippen LogP contribution < -0.4 is 0 Å². The van der Waals surface area contributed by atoms with Crippen LogP contribution in [0.15, 0.2) is 0 Å². The lowest BCUT2D eigenvalue weighted by Crippen LogP contribution is -2.40. The van der Waals surface area contributed by atoms with E-state index in [1.807, 2.05) is 0 Å². The van der Waals surface area contributed by atoms with Crippen LogP contribution >= 0.6 is 0 Å². The molecule has 1 N–H and O–H groups in total. The van der Waals surface area contributed by atoms with Gasteiger partial charge in [0.2, 0.25) is 0 Å². The highest BCUT2D eigenvalue weighted by molar-refractivity contribution is 6.75. The Morgan fingerprint density at radius 3 is 1.55 bits per heavy atom. The first-order valence-corrected chi connectivity index (χ1v) is 12.0. The molecule has 0 radical (unpaired) electrons. The number of aliphatic hydroxyl groups is 1. The molecule has 0 aliphatic carbocycles. The minimum atomic E-state index is -1.97. The van der Waals surface area contributed by atoms with Gasteiger partial charge in [-0.05, 0) is 18.1 Å². The molecule has 0 aromatic heterocycles. The standard InChI is InChI=1S/C18H38O3Si/c1-4-7-10-15-22(16-11-8-5-2,17-12-9-6-3)21-18(20)13-14-19/h19H,4-17H2,1-3H3. The van der Waals surface area contributed by atoms with Gasteiger partial charge in [0, 0.05) is 0 Å². The summed E-state index contributed by atoms with van der Waals surface area (Å²) in [7, 11) is -1.97. The topological polar surface area (TPSA) is 46.5 Å². The van der Waals surface area contributed by atoms with E-state index in [1.54, 1.807) is 0 Å². The third-order valence-corrected chi connectivity index (χ3v) is 8.81. The molecular weight excluding hydrogens is 292 g/mol. The summed E-state index contributed by atoms with van der Waals surface area (Å²) in [5.74, 6) is -0.168. The van der Waals surface area contributed by atoms with Crippen LogP contribution in [0.25, 0.3) is 0 Å². The van der Waals surface area contributed by atoms with Crippen molar-refractivity contribution in [3.05, 3.63) is 0 Å². The summed E-state index contributed by atoms with van der Waals surface area (Å²) < 4.78 is 6.06. The molecule has 0 saturated carbocycles. The summed E-state index contributed by atoms with van der Waals surface area (Å²) in [6, 6.07) is 3.35. The molecule has 0 fully saturated rings. The molecule has 22 heavy (non-hydrogen) atoms. The third kappa shape index (κ3) is 10.4. The van der Waals surface area contributed by atoms with E-state index in [1.165, 1.54) is 57.8 Å². The Bertz CT molecular complexity index is 243. The van der Waals surface area contributed by atoms with Gasteiger partial charge < -0.3 is 9.53 Å². The van der Waals surface area contributed by atoms with Gasteiger partial charge in [0.25, 0.3) is 14.3 Å². The van der Waals surface area contributed by atoms with Crippen molar-refractivity contribution in [1.82, 2.24) is 0 Å². The van der Waals surface area contributed by atoms with E-state index in [9.17, 15) is 4.79 Å². The fourth-order valence-corrected chi connectivity index (χ4v) is 7.33. The molecule has 0 aliphatic heterocycles.